The lowest BCUT2D eigenvalue weighted by molar-refractivity contribution is 0.597. The molecular weight excluding hydrogens is 262 g/mol. The molecule has 1 aromatic heterocycles. The molecule has 0 spiro atoms. The van der Waals surface area contributed by atoms with Gasteiger partial charge in [-0.15, -0.1) is 0 Å². The fraction of sp³-hybridized carbons (Fsp3) is 0.154. The molecule has 6 heteroatoms. The van der Waals surface area contributed by atoms with Gasteiger partial charge in [0.2, 0.25) is 10.0 Å². The number of rotatable bonds is 5. The fourth-order valence-electron chi connectivity index (χ4n) is 1.69. The van der Waals surface area contributed by atoms with Crippen molar-refractivity contribution in [1.82, 2.24) is 10.3 Å². The minimum atomic E-state index is -3.64. The molecule has 0 unspecified atom stereocenters. The highest BCUT2D eigenvalue weighted by Crippen LogP contribution is 2.09. The van der Waals surface area contributed by atoms with E-state index in [1.807, 2.05) is 18.2 Å². The predicted molar refractivity (Wildman–Crippen MR) is 72.6 cm³/mol. The number of primary sulfonamides is 1. The summed E-state index contributed by atoms with van der Waals surface area (Å²) < 4.78 is 22.5. The van der Waals surface area contributed by atoms with Crippen molar-refractivity contribution in [3.05, 3.63) is 59.9 Å². The van der Waals surface area contributed by atoms with E-state index in [1.54, 1.807) is 24.5 Å². The van der Waals surface area contributed by atoms with Crippen molar-refractivity contribution < 1.29 is 8.42 Å². The Morgan fingerprint density at radius 2 is 1.84 bits per heavy atom. The van der Waals surface area contributed by atoms with E-state index in [1.165, 1.54) is 6.07 Å². The van der Waals surface area contributed by atoms with Gasteiger partial charge in [-0.05, 0) is 29.3 Å². The summed E-state index contributed by atoms with van der Waals surface area (Å²) in [6.07, 6.45) is 3.51. The third kappa shape index (κ3) is 4.13. The van der Waals surface area contributed by atoms with Crippen LogP contribution in [0.15, 0.2) is 53.7 Å². The van der Waals surface area contributed by atoms with Crippen molar-refractivity contribution in [1.29, 1.82) is 0 Å². The normalized spacial score (nSPS) is 11.4. The average Bonchev–Trinajstić information content (AvgIpc) is 2.39. The Hall–Kier alpha value is -1.76. The van der Waals surface area contributed by atoms with Crippen LogP contribution in [0.3, 0.4) is 0 Å². The van der Waals surface area contributed by atoms with E-state index in [0.29, 0.717) is 13.1 Å². The van der Waals surface area contributed by atoms with Crippen LogP contribution in [0, 0.1) is 0 Å². The lowest BCUT2D eigenvalue weighted by Crippen LogP contribution is -2.15. The quantitative estimate of drug-likeness (QED) is 0.854. The minimum Gasteiger partial charge on any atom is -0.309 e. The molecule has 3 N–H and O–H groups in total. The van der Waals surface area contributed by atoms with Crippen LogP contribution < -0.4 is 10.5 Å². The van der Waals surface area contributed by atoms with Gasteiger partial charge in [-0.2, -0.15) is 0 Å². The molecule has 19 heavy (non-hydrogen) atoms. The number of hydrogen-bond acceptors (Lipinski definition) is 4. The zero-order valence-electron chi connectivity index (χ0n) is 10.3. The first-order chi connectivity index (χ1) is 9.05. The van der Waals surface area contributed by atoms with Crippen molar-refractivity contribution >= 4 is 10.0 Å². The Balaban J connectivity index is 1.97. The topological polar surface area (TPSA) is 85.1 Å². The highest BCUT2D eigenvalue weighted by molar-refractivity contribution is 7.89. The Morgan fingerprint density at radius 3 is 2.53 bits per heavy atom. The molecule has 0 saturated heterocycles. The first-order valence-corrected chi connectivity index (χ1v) is 7.32. The number of aromatic nitrogens is 1. The molecule has 1 heterocycles. The maximum Gasteiger partial charge on any atom is 0.238 e. The van der Waals surface area contributed by atoms with E-state index in [4.69, 9.17) is 5.14 Å². The second kappa shape index (κ2) is 5.92. The van der Waals surface area contributed by atoms with Crippen molar-refractivity contribution in [3.8, 4) is 0 Å². The molecule has 0 atom stereocenters. The molecule has 5 nitrogen and oxygen atoms in total. The van der Waals surface area contributed by atoms with Crippen LogP contribution in [0.4, 0.5) is 0 Å². The van der Waals surface area contributed by atoms with Crippen LogP contribution in [-0.4, -0.2) is 13.4 Å². The molecule has 0 aliphatic rings. The number of pyridine rings is 1. The Labute approximate surface area is 112 Å². The number of nitrogens with zero attached hydrogens (tertiary/aromatic N) is 1. The maximum absolute atomic E-state index is 11.2. The molecule has 0 bridgehead atoms. The number of sulfonamides is 1. The molecule has 1 aromatic carbocycles. The van der Waals surface area contributed by atoms with Crippen LogP contribution in [0.5, 0.6) is 0 Å². The zero-order valence-corrected chi connectivity index (χ0v) is 11.1. The summed E-state index contributed by atoms with van der Waals surface area (Å²) in [4.78, 5) is 4.15. The van der Waals surface area contributed by atoms with Crippen LogP contribution >= 0.6 is 0 Å². The molecular formula is C13H15N3O2S. The van der Waals surface area contributed by atoms with Crippen LogP contribution in [0.1, 0.15) is 11.1 Å². The summed E-state index contributed by atoms with van der Waals surface area (Å²) in [6.45, 7) is 1.24. The molecule has 0 saturated carbocycles. The predicted octanol–water partition coefficient (Wildman–Crippen LogP) is 1.02. The Kier molecular flexibility index (Phi) is 4.26. The van der Waals surface area contributed by atoms with Gasteiger partial charge in [0.25, 0.3) is 0 Å². The largest absolute Gasteiger partial charge is 0.309 e. The first-order valence-electron chi connectivity index (χ1n) is 5.77. The van der Waals surface area contributed by atoms with Gasteiger partial charge >= 0.3 is 0 Å². The van der Waals surface area contributed by atoms with Crippen molar-refractivity contribution in [3.63, 3.8) is 0 Å². The van der Waals surface area contributed by atoms with Gasteiger partial charge in [0.15, 0.2) is 0 Å². The molecule has 0 amide bonds. The molecule has 0 radical (unpaired) electrons. The van der Waals surface area contributed by atoms with Gasteiger partial charge in [-0.1, -0.05) is 18.2 Å². The van der Waals surface area contributed by atoms with E-state index < -0.39 is 10.0 Å². The summed E-state index contributed by atoms with van der Waals surface area (Å²) in [5.74, 6) is 0. The fourth-order valence-corrected chi connectivity index (χ4v) is 2.27. The number of nitrogens with one attached hydrogen (secondary N) is 1. The summed E-state index contributed by atoms with van der Waals surface area (Å²) in [7, 11) is -3.64. The van der Waals surface area contributed by atoms with Gasteiger partial charge < -0.3 is 5.32 Å². The lowest BCUT2D eigenvalue weighted by Gasteiger charge is -2.06. The molecule has 0 fully saturated rings. The maximum atomic E-state index is 11.2. The third-order valence-corrected chi connectivity index (χ3v) is 3.52. The molecule has 2 aromatic rings. The second-order valence-corrected chi connectivity index (χ2v) is 5.72. The summed E-state index contributed by atoms with van der Waals surface area (Å²) in [5, 5.41) is 8.31. The van der Waals surface area contributed by atoms with E-state index in [9.17, 15) is 8.42 Å². The highest BCUT2D eigenvalue weighted by Gasteiger charge is 2.07. The summed E-state index contributed by atoms with van der Waals surface area (Å²) in [6, 6.07) is 10.4. The van der Waals surface area contributed by atoms with Gasteiger partial charge in [-0.25, -0.2) is 13.6 Å². The van der Waals surface area contributed by atoms with Gasteiger partial charge in [0, 0.05) is 25.5 Å². The van der Waals surface area contributed by atoms with Crippen LogP contribution in [-0.2, 0) is 23.1 Å². The van der Waals surface area contributed by atoms with E-state index in [-0.39, 0.29) is 4.90 Å². The van der Waals surface area contributed by atoms with E-state index in [0.717, 1.165) is 11.1 Å². The standard InChI is InChI=1S/C13H15N3O2S/c14-19(17,18)13-5-1-3-11(7-13)8-16-10-12-4-2-6-15-9-12/h1-7,9,16H,8,10H2,(H2,14,17,18). The minimum absolute atomic E-state index is 0.133. The summed E-state index contributed by atoms with van der Waals surface area (Å²) >= 11 is 0. The van der Waals surface area contributed by atoms with Gasteiger partial charge in [-0.3, -0.25) is 4.98 Å². The van der Waals surface area contributed by atoms with Crippen LogP contribution in [0.25, 0.3) is 0 Å². The van der Waals surface area contributed by atoms with Crippen molar-refractivity contribution in [2.45, 2.75) is 18.0 Å². The Bertz CT molecular complexity index is 642. The smallest absolute Gasteiger partial charge is 0.238 e. The number of benzene rings is 1. The van der Waals surface area contributed by atoms with E-state index in [2.05, 4.69) is 10.3 Å². The monoisotopic (exact) mass is 277 g/mol. The summed E-state index contributed by atoms with van der Waals surface area (Å²) in [5.41, 5.74) is 1.94. The first kappa shape index (κ1) is 13.7. The number of nitrogens with two attached hydrogens (primary N) is 1. The van der Waals surface area contributed by atoms with Gasteiger partial charge in [0.05, 0.1) is 4.90 Å². The SMILES string of the molecule is NS(=O)(=O)c1cccc(CNCc2cccnc2)c1. The number of hydrogen-bond donors (Lipinski definition) is 2. The second-order valence-electron chi connectivity index (χ2n) is 4.16. The van der Waals surface area contributed by atoms with Crippen molar-refractivity contribution in [2.75, 3.05) is 0 Å². The van der Waals surface area contributed by atoms with E-state index >= 15 is 0 Å². The molecule has 0 aliphatic heterocycles. The van der Waals surface area contributed by atoms with Crippen LogP contribution in [0.2, 0.25) is 0 Å². The highest BCUT2D eigenvalue weighted by atomic mass is 32.2. The average molecular weight is 277 g/mol. The van der Waals surface area contributed by atoms with Crippen molar-refractivity contribution in [2.24, 2.45) is 5.14 Å². The lowest BCUT2D eigenvalue weighted by atomic mass is 10.2. The third-order valence-electron chi connectivity index (χ3n) is 2.61. The molecule has 100 valence electrons. The molecule has 2 rings (SSSR count). The molecule has 0 aliphatic carbocycles. The van der Waals surface area contributed by atoms with Gasteiger partial charge in [0.1, 0.15) is 0 Å². The zero-order chi connectivity index (χ0) is 13.7. The Morgan fingerprint density at radius 1 is 1.11 bits per heavy atom.